The van der Waals surface area contributed by atoms with Gasteiger partial charge in [0.15, 0.2) is 0 Å². The van der Waals surface area contributed by atoms with Crippen molar-refractivity contribution >= 4 is 29.9 Å². The molecule has 0 unspecified atom stereocenters. The van der Waals surface area contributed by atoms with Crippen molar-refractivity contribution < 1.29 is 9.53 Å². The third-order valence-electron chi connectivity index (χ3n) is 4.05. The van der Waals surface area contributed by atoms with Gasteiger partial charge in [-0.1, -0.05) is 23.7 Å². The van der Waals surface area contributed by atoms with Crippen LogP contribution in [-0.2, 0) is 16.1 Å². The lowest BCUT2D eigenvalue weighted by Crippen LogP contribution is -2.41. The molecule has 2 heterocycles. The summed E-state index contributed by atoms with van der Waals surface area (Å²) in [5, 5.41) is 11.2. The van der Waals surface area contributed by atoms with Crippen LogP contribution in [0, 0.1) is 0 Å². The van der Waals surface area contributed by atoms with Gasteiger partial charge in [-0.15, -0.1) is 12.4 Å². The lowest BCUT2D eigenvalue weighted by atomic mass is 10.1. The molecule has 1 saturated heterocycles. The lowest BCUT2D eigenvalue weighted by Gasteiger charge is -2.26. The van der Waals surface area contributed by atoms with Crippen LogP contribution in [0.1, 0.15) is 12.0 Å². The maximum atomic E-state index is 12.1. The van der Waals surface area contributed by atoms with Gasteiger partial charge in [0.05, 0.1) is 25.1 Å². The number of nitrogens with one attached hydrogen (secondary N) is 2. The van der Waals surface area contributed by atoms with Gasteiger partial charge in [-0.3, -0.25) is 9.89 Å². The number of carbonyl (C=O) groups is 1. The van der Waals surface area contributed by atoms with Crippen molar-refractivity contribution in [1.82, 2.24) is 20.4 Å². The van der Waals surface area contributed by atoms with Crippen molar-refractivity contribution in [2.24, 2.45) is 0 Å². The van der Waals surface area contributed by atoms with Crippen LogP contribution in [0.15, 0.2) is 30.5 Å². The number of hydrogen-bond donors (Lipinski definition) is 2. The van der Waals surface area contributed by atoms with E-state index in [2.05, 4.69) is 15.5 Å². The number of amides is 1. The van der Waals surface area contributed by atoms with Crippen LogP contribution in [0.4, 0.5) is 0 Å². The highest BCUT2D eigenvalue weighted by Crippen LogP contribution is 2.22. The summed E-state index contributed by atoms with van der Waals surface area (Å²) in [4.78, 5) is 13.9. The first-order valence-corrected chi connectivity index (χ1v) is 8.46. The van der Waals surface area contributed by atoms with Crippen molar-refractivity contribution in [3.8, 4) is 11.3 Å². The number of carbonyl (C=O) groups excluding carboxylic acids is 1. The molecule has 0 aliphatic carbocycles. The lowest BCUT2D eigenvalue weighted by molar-refractivity contribution is -0.135. The third-order valence-corrected chi connectivity index (χ3v) is 4.30. The zero-order valence-electron chi connectivity index (χ0n) is 13.8. The van der Waals surface area contributed by atoms with Gasteiger partial charge in [-0.05, 0) is 17.7 Å². The summed E-state index contributed by atoms with van der Waals surface area (Å²) in [5.74, 6) is 0.177. The van der Waals surface area contributed by atoms with E-state index in [1.54, 1.807) is 6.20 Å². The molecule has 2 N–H and O–H groups in total. The molecule has 0 radical (unpaired) electrons. The standard InChI is InChI=1S/C17H21ClN4O2.ClH/c18-15-3-1-13(2-4-15)17-14(12-20-21-17)11-19-6-5-16(23)22-7-9-24-10-8-22;/h1-4,12,19H,5-11H2,(H,20,21);1H. The van der Waals surface area contributed by atoms with Crippen molar-refractivity contribution in [2.75, 3.05) is 32.8 Å². The van der Waals surface area contributed by atoms with Gasteiger partial charge in [-0.25, -0.2) is 0 Å². The van der Waals surface area contributed by atoms with Crippen LogP contribution in [0.25, 0.3) is 11.3 Å². The molecule has 0 spiro atoms. The third kappa shape index (κ3) is 5.44. The Bertz CT molecular complexity index is 670. The summed E-state index contributed by atoms with van der Waals surface area (Å²) >= 11 is 5.93. The number of halogens is 2. The summed E-state index contributed by atoms with van der Waals surface area (Å²) in [6.45, 7) is 3.96. The smallest absolute Gasteiger partial charge is 0.224 e. The Balaban J connectivity index is 0.00000225. The first kappa shape index (κ1) is 19.7. The van der Waals surface area contributed by atoms with Crippen LogP contribution in [0.5, 0.6) is 0 Å². The second-order valence-corrected chi connectivity index (χ2v) is 6.13. The molecular weight excluding hydrogens is 363 g/mol. The molecule has 2 aromatic rings. The Morgan fingerprint density at radius 1 is 1.28 bits per heavy atom. The molecule has 0 bridgehead atoms. The van der Waals surface area contributed by atoms with E-state index >= 15 is 0 Å². The van der Waals surface area contributed by atoms with Crippen LogP contribution in [0.3, 0.4) is 0 Å². The number of morpholine rings is 1. The molecule has 1 aliphatic rings. The Kier molecular flexibility index (Phi) is 7.71. The quantitative estimate of drug-likeness (QED) is 0.750. The summed E-state index contributed by atoms with van der Waals surface area (Å²) < 4.78 is 5.26. The molecule has 8 heteroatoms. The zero-order chi connectivity index (χ0) is 16.8. The van der Waals surface area contributed by atoms with E-state index in [9.17, 15) is 4.79 Å². The number of H-pyrrole nitrogens is 1. The maximum absolute atomic E-state index is 12.1. The number of hydrogen-bond acceptors (Lipinski definition) is 4. The molecule has 1 aromatic heterocycles. The molecule has 136 valence electrons. The zero-order valence-corrected chi connectivity index (χ0v) is 15.4. The number of aromatic nitrogens is 2. The average molecular weight is 385 g/mol. The predicted molar refractivity (Wildman–Crippen MR) is 100 cm³/mol. The van der Waals surface area contributed by atoms with Gasteiger partial charge in [0, 0.05) is 43.2 Å². The largest absolute Gasteiger partial charge is 0.378 e. The second kappa shape index (κ2) is 9.77. The van der Waals surface area contributed by atoms with Crippen molar-refractivity contribution in [2.45, 2.75) is 13.0 Å². The Hall–Kier alpha value is -1.60. The van der Waals surface area contributed by atoms with Gasteiger partial charge in [0.1, 0.15) is 0 Å². The molecule has 1 aromatic carbocycles. The first-order chi connectivity index (χ1) is 11.7. The van der Waals surface area contributed by atoms with E-state index < -0.39 is 0 Å². The van der Waals surface area contributed by atoms with E-state index in [1.165, 1.54) is 0 Å². The Labute approximate surface area is 158 Å². The van der Waals surface area contributed by atoms with Crippen LogP contribution >= 0.6 is 24.0 Å². The van der Waals surface area contributed by atoms with Crippen LogP contribution in [0.2, 0.25) is 5.02 Å². The number of aromatic amines is 1. The maximum Gasteiger partial charge on any atom is 0.224 e. The minimum absolute atomic E-state index is 0. The van der Waals surface area contributed by atoms with Gasteiger partial charge in [-0.2, -0.15) is 5.10 Å². The minimum Gasteiger partial charge on any atom is -0.378 e. The second-order valence-electron chi connectivity index (χ2n) is 5.70. The van der Waals surface area contributed by atoms with E-state index in [1.807, 2.05) is 29.2 Å². The highest BCUT2D eigenvalue weighted by Gasteiger charge is 2.16. The number of benzene rings is 1. The first-order valence-electron chi connectivity index (χ1n) is 8.08. The summed E-state index contributed by atoms with van der Waals surface area (Å²) in [7, 11) is 0. The predicted octanol–water partition coefficient (Wildman–Crippen LogP) is 2.49. The molecule has 1 amide bonds. The van der Waals surface area contributed by atoms with Gasteiger partial charge < -0.3 is 15.0 Å². The molecule has 1 fully saturated rings. The van der Waals surface area contributed by atoms with Crippen molar-refractivity contribution in [1.29, 1.82) is 0 Å². The summed E-state index contributed by atoms with van der Waals surface area (Å²) in [6.07, 6.45) is 2.30. The molecule has 6 nitrogen and oxygen atoms in total. The average Bonchev–Trinajstić information content (AvgIpc) is 3.08. The van der Waals surface area contributed by atoms with Gasteiger partial charge >= 0.3 is 0 Å². The van der Waals surface area contributed by atoms with Crippen molar-refractivity contribution in [3.05, 3.63) is 41.0 Å². The minimum atomic E-state index is 0. The molecule has 3 rings (SSSR count). The van der Waals surface area contributed by atoms with Crippen LogP contribution < -0.4 is 5.32 Å². The number of rotatable bonds is 6. The fourth-order valence-electron chi connectivity index (χ4n) is 2.70. The SMILES string of the molecule is Cl.O=C(CCNCc1cn[nH]c1-c1ccc(Cl)cc1)N1CCOCC1. The van der Waals surface area contributed by atoms with E-state index in [-0.39, 0.29) is 18.3 Å². The molecule has 1 aliphatic heterocycles. The Morgan fingerprint density at radius 2 is 2.00 bits per heavy atom. The van der Waals surface area contributed by atoms with Crippen molar-refractivity contribution in [3.63, 3.8) is 0 Å². The molecule has 0 saturated carbocycles. The molecule has 25 heavy (non-hydrogen) atoms. The van der Waals surface area contributed by atoms with Gasteiger partial charge in [0.25, 0.3) is 0 Å². The van der Waals surface area contributed by atoms with E-state index in [0.717, 1.165) is 16.8 Å². The van der Waals surface area contributed by atoms with E-state index in [4.69, 9.17) is 16.3 Å². The number of ether oxygens (including phenoxy) is 1. The monoisotopic (exact) mass is 384 g/mol. The number of nitrogens with zero attached hydrogens (tertiary/aromatic N) is 2. The highest BCUT2D eigenvalue weighted by atomic mass is 35.5. The van der Waals surface area contributed by atoms with Crippen LogP contribution in [-0.4, -0.2) is 53.9 Å². The highest BCUT2D eigenvalue weighted by molar-refractivity contribution is 6.30. The fraction of sp³-hybridized carbons (Fsp3) is 0.412. The summed E-state index contributed by atoms with van der Waals surface area (Å²) in [6, 6.07) is 7.63. The summed E-state index contributed by atoms with van der Waals surface area (Å²) in [5.41, 5.74) is 3.08. The normalized spacial score (nSPS) is 14.2. The van der Waals surface area contributed by atoms with E-state index in [0.29, 0.717) is 50.8 Å². The Morgan fingerprint density at radius 3 is 2.72 bits per heavy atom. The molecular formula is C17H22Cl2N4O2. The molecule has 0 atom stereocenters. The van der Waals surface area contributed by atoms with Gasteiger partial charge in [0.2, 0.25) is 5.91 Å². The fourth-order valence-corrected chi connectivity index (χ4v) is 2.83. The topological polar surface area (TPSA) is 70.2 Å².